The Bertz CT molecular complexity index is 705. The number of rotatable bonds is 7. The van der Waals surface area contributed by atoms with Crippen LogP contribution in [0, 0.1) is 0 Å². The molecule has 0 aromatic rings. The van der Waals surface area contributed by atoms with Crippen molar-refractivity contribution in [3.63, 3.8) is 0 Å². The molecule has 0 heterocycles. The van der Waals surface area contributed by atoms with Crippen LogP contribution in [0.2, 0.25) is 0 Å². The topological polar surface area (TPSA) is 173 Å². The average Bonchev–Trinajstić information content (AvgIpc) is 2.31. The second-order valence-electron chi connectivity index (χ2n) is 5.27. The van der Waals surface area contributed by atoms with Crippen LogP contribution < -0.4 is 91.6 Å². The second-order valence-corrected chi connectivity index (χ2v) is 8.08. The molecule has 10 nitrogen and oxygen atoms in total. The Morgan fingerprint density at radius 3 is 1.81 bits per heavy atom. The summed E-state index contributed by atoms with van der Waals surface area (Å²) in [7, 11) is -8.71. The van der Waals surface area contributed by atoms with E-state index in [1.54, 1.807) is 0 Å². The van der Waals surface area contributed by atoms with E-state index in [0.29, 0.717) is 0 Å². The van der Waals surface area contributed by atoms with Gasteiger partial charge in [0.1, 0.15) is 16.0 Å². The molecule has 0 bridgehead atoms. The molecule has 0 radical (unpaired) electrons. The zero-order valence-corrected chi connectivity index (χ0v) is 22.2. The summed E-state index contributed by atoms with van der Waals surface area (Å²) >= 11 is 0. The summed E-state index contributed by atoms with van der Waals surface area (Å²) in [6.07, 6.45) is 0.880. The van der Waals surface area contributed by atoms with Crippen molar-refractivity contribution in [2.45, 2.75) is 26.3 Å². The van der Waals surface area contributed by atoms with Crippen molar-refractivity contribution in [2.75, 3.05) is 11.6 Å². The van der Waals surface area contributed by atoms with E-state index in [4.69, 9.17) is 0 Å². The van der Waals surface area contributed by atoms with Crippen LogP contribution in [0.4, 0.5) is 0 Å². The van der Waals surface area contributed by atoms with Gasteiger partial charge in [-0.15, -0.1) is 0 Å². The molecule has 0 saturated heterocycles. The van der Waals surface area contributed by atoms with Gasteiger partial charge in [-0.2, -0.15) is 0 Å². The summed E-state index contributed by atoms with van der Waals surface area (Å²) in [5, 5.41) is 4.21. The number of hydrogen-bond acceptors (Lipinski definition) is 8. The van der Waals surface area contributed by atoms with Gasteiger partial charge in [0, 0.05) is 11.1 Å². The minimum Gasteiger partial charge on any atom is -0.748 e. The molecule has 0 atom stereocenters. The number of carbonyl (C=O) groups excluding carboxylic acids is 2. The molecule has 14 heteroatoms. The zero-order chi connectivity index (χ0) is 19.8. The molecule has 140 valence electrons. The Kier molecular flexibility index (Phi) is 19.6. The second kappa shape index (κ2) is 14.8. The van der Waals surface area contributed by atoms with E-state index < -0.39 is 49.2 Å². The number of nitrogens with one attached hydrogen (secondary N) is 2. The van der Waals surface area contributed by atoms with Crippen molar-refractivity contribution < 1.29 is 116 Å². The standard InChI is InChI=1S/C8H15NO4S.C4H7NO4S.K.Na/c1-6(2)7(10)9-8(3,4)5-14(11,12)13;1-2-4(6)5-3-10(7,8)9;;/h1,5H2,2-4H3,(H,9,10)(H,11,12,13);2H,1,3H2,(H,5,6)(H,7,8,9);;/q;;2*+1/p-2. The summed E-state index contributed by atoms with van der Waals surface area (Å²) in [6, 6.07) is 0. The van der Waals surface area contributed by atoms with Crippen LogP contribution in [0.15, 0.2) is 24.8 Å². The van der Waals surface area contributed by atoms with Crippen molar-refractivity contribution in [2.24, 2.45) is 0 Å². The minimum atomic E-state index is -4.36. The van der Waals surface area contributed by atoms with Crippen LogP contribution in [0.3, 0.4) is 0 Å². The van der Waals surface area contributed by atoms with E-state index in [9.17, 15) is 35.5 Å². The quantitative estimate of drug-likeness (QED) is 0.220. The first-order chi connectivity index (χ1) is 10.5. The monoisotopic (exact) mass is 446 g/mol. The van der Waals surface area contributed by atoms with Crippen molar-refractivity contribution >= 4 is 32.1 Å². The Labute approximate surface area is 218 Å². The molecule has 0 spiro atoms. The fourth-order valence-electron chi connectivity index (χ4n) is 1.12. The Morgan fingerprint density at radius 2 is 1.54 bits per heavy atom. The summed E-state index contributed by atoms with van der Waals surface area (Å²) in [5.41, 5.74) is -0.808. The molecule has 0 aliphatic rings. The van der Waals surface area contributed by atoms with Crippen LogP contribution in [0.1, 0.15) is 20.8 Å². The molecule has 0 saturated carbocycles. The average molecular weight is 447 g/mol. The van der Waals surface area contributed by atoms with Crippen LogP contribution in [-0.2, 0) is 29.8 Å². The maximum atomic E-state index is 11.1. The predicted octanol–water partition coefficient (Wildman–Crippen LogP) is -7.20. The zero-order valence-electron chi connectivity index (χ0n) is 15.5. The first-order valence-electron chi connectivity index (χ1n) is 6.24. The third-order valence-corrected chi connectivity index (χ3v) is 3.56. The Balaban J connectivity index is -0.000000181. The first-order valence-corrected chi connectivity index (χ1v) is 9.40. The fourth-order valence-corrected chi connectivity index (χ4v) is 2.40. The maximum Gasteiger partial charge on any atom is 1.00 e. The van der Waals surface area contributed by atoms with Gasteiger partial charge in [0.25, 0.3) is 0 Å². The van der Waals surface area contributed by atoms with Crippen LogP contribution in [0.5, 0.6) is 0 Å². The molecule has 0 fully saturated rings. The van der Waals surface area contributed by atoms with Crippen LogP contribution >= 0.6 is 0 Å². The largest absolute Gasteiger partial charge is 1.00 e. The van der Waals surface area contributed by atoms with E-state index in [0.717, 1.165) is 6.08 Å². The van der Waals surface area contributed by atoms with Gasteiger partial charge in [-0.25, -0.2) is 16.8 Å². The molecule has 0 aromatic carbocycles. The number of hydrogen-bond donors (Lipinski definition) is 2. The molecule has 0 unspecified atom stereocenters. The van der Waals surface area contributed by atoms with Gasteiger partial charge in [-0.1, -0.05) is 13.2 Å². The molecule has 0 aromatic heterocycles. The van der Waals surface area contributed by atoms with E-state index in [1.807, 2.05) is 5.32 Å². The molecule has 2 N–H and O–H groups in total. The van der Waals surface area contributed by atoms with Gasteiger partial charge in [0.05, 0.1) is 15.9 Å². The Morgan fingerprint density at radius 1 is 1.12 bits per heavy atom. The molecule has 0 aliphatic heterocycles. The third-order valence-electron chi connectivity index (χ3n) is 1.99. The van der Waals surface area contributed by atoms with Crippen molar-refractivity contribution in [3.8, 4) is 0 Å². The molecular formula is C12H20KN2NaO8S2. The predicted molar refractivity (Wildman–Crippen MR) is 84.5 cm³/mol. The molecule has 0 aliphatic carbocycles. The normalized spacial score (nSPS) is 10.7. The van der Waals surface area contributed by atoms with Crippen molar-refractivity contribution in [3.05, 3.63) is 24.8 Å². The van der Waals surface area contributed by atoms with E-state index in [1.165, 1.54) is 20.8 Å². The SMILES string of the molecule is C=C(C)C(=O)NC(C)(C)CS(=O)(=O)[O-].C=CC(=O)NCS(=O)(=O)[O-].[K+].[Na+]. The summed E-state index contributed by atoms with van der Waals surface area (Å²) in [5.74, 6) is -2.67. The van der Waals surface area contributed by atoms with Gasteiger partial charge >= 0.3 is 80.9 Å². The number of amides is 2. The third kappa shape index (κ3) is 24.9. The van der Waals surface area contributed by atoms with Crippen LogP contribution in [0.25, 0.3) is 0 Å². The molecule has 26 heavy (non-hydrogen) atoms. The van der Waals surface area contributed by atoms with E-state index in [2.05, 4.69) is 18.5 Å². The van der Waals surface area contributed by atoms with Crippen molar-refractivity contribution in [1.82, 2.24) is 10.6 Å². The summed E-state index contributed by atoms with van der Waals surface area (Å²) in [6.45, 7) is 10.9. The van der Waals surface area contributed by atoms with E-state index >= 15 is 0 Å². The summed E-state index contributed by atoms with van der Waals surface area (Å²) < 4.78 is 60.9. The van der Waals surface area contributed by atoms with Gasteiger partial charge in [-0.05, 0) is 26.8 Å². The molecular weight excluding hydrogens is 426 g/mol. The smallest absolute Gasteiger partial charge is 0.748 e. The van der Waals surface area contributed by atoms with Gasteiger partial charge < -0.3 is 19.7 Å². The maximum absolute atomic E-state index is 11.1. The van der Waals surface area contributed by atoms with E-state index in [-0.39, 0.29) is 86.5 Å². The minimum absolute atomic E-state index is 0. The first kappa shape index (κ1) is 34.4. The van der Waals surface area contributed by atoms with Gasteiger partial charge in [0.15, 0.2) is 0 Å². The van der Waals surface area contributed by atoms with Crippen molar-refractivity contribution in [1.29, 1.82) is 0 Å². The Hall–Kier alpha value is 0.876. The van der Waals surface area contributed by atoms with Gasteiger partial charge in [-0.3, -0.25) is 9.59 Å². The van der Waals surface area contributed by atoms with Gasteiger partial charge in [0.2, 0.25) is 11.8 Å². The molecule has 0 rings (SSSR count). The number of carbonyl (C=O) groups is 2. The van der Waals surface area contributed by atoms with Crippen LogP contribution in [-0.4, -0.2) is 54.9 Å². The molecule has 2 amide bonds. The summed E-state index contributed by atoms with van der Waals surface area (Å²) in [4.78, 5) is 21.4. The fraction of sp³-hybridized carbons (Fsp3) is 0.500.